The first-order chi connectivity index (χ1) is 11.5. The van der Waals surface area contributed by atoms with E-state index in [0.717, 1.165) is 40.1 Å². The molecule has 128 valence electrons. The van der Waals surface area contributed by atoms with Crippen LogP contribution in [0.25, 0.3) is 6.08 Å². The second-order valence-corrected chi connectivity index (χ2v) is 6.25. The smallest absolute Gasteiger partial charge is 0.244 e. The average molecular weight is 392 g/mol. The van der Waals surface area contributed by atoms with E-state index >= 15 is 0 Å². The molecule has 2 rings (SSSR count). The van der Waals surface area contributed by atoms with E-state index in [0.29, 0.717) is 6.54 Å². The quantitative estimate of drug-likeness (QED) is 0.580. The van der Waals surface area contributed by atoms with Gasteiger partial charge in [-0.1, -0.05) is 12.1 Å². The largest absolute Gasteiger partial charge is 0.497 e. The Morgan fingerprint density at radius 2 is 2.04 bits per heavy atom. The Morgan fingerprint density at radius 3 is 2.62 bits per heavy atom. The minimum Gasteiger partial charge on any atom is -0.497 e. The van der Waals surface area contributed by atoms with Crippen molar-refractivity contribution in [3.05, 3.63) is 51.8 Å². The summed E-state index contributed by atoms with van der Waals surface area (Å²) in [5, 5.41) is 7.33. The Hall–Kier alpha value is -2.08. The van der Waals surface area contributed by atoms with Gasteiger partial charge < -0.3 is 10.1 Å². The van der Waals surface area contributed by atoms with Crippen LogP contribution >= 0.6 is 15.9 Å². The summed E-state index contributed by atoms with van der Waals surface area (Å²) in [6.45, 7) is 5.39. The molecular weight excluding hydrogens is 370 g/mol. The van der Waals surface area contributed by atoms with Gasteiger partial charge in [-0.05, 0) is 60.0 Å². The molecule has 1 heterocycles. The molecule has 2 aromatic rings. The molecule has 0 saturated heterocycles. The maximum Gasteiger partial charge on any atom is 0.244 e. The normalized spacial score (nSPS) is 11.0. The first-order valence-electron chi connectivity index (χ1n) is 7.80. The third-order valence-electron chi connectivity index (χ3n) is 3.68. The molecule has 0 aliphatic heterocycles. The van der Waals surface area contributed by atoms with Gasteiger partial charge in [0.05, 0.1) is 17.3 Å². The second kappa shape index (κ2) is 8.68. The maximum atomic E-state index is 11.8. The lowest BCUT2D eigenvalue weighted by Crippen LogP contribution is -2.23. The van der Waals surface area contributed by atoms with Crippen LogP contribution in [0.1, 0.15) is 23.4 Å². The molecule has 0 aliphatic rings. The van der Waals surface area contributed by atoms with Crippen molar-refractivity contribution in [1.29, 1.82) is 0 Å². The van der Waals surface area contributed by atoms with Crippen LogP contribution in [0, 0.1) is 13.8 Å². The first-order valence-corrected chi connectivity index (χ1v) is 8.60. The van der Waals surface area contributed by atoms with E-state index in [-0.39, 0.29) is 5.91 Å². The number of nitrogens with one attached hydrogen (secondary N) is 1. The van der Waals surface area contributed by atoms with Gasteiger partial charge in [-0.25, -0.2) is 0 Å². The van der Waals surface area contributed by atoms with E-state index in [2.05, 4.69) is 26.3 Å². The summed E-state index contributed by atoms with van der Waals surface area (Å²) < 4.78 is 8.11. The fourth-order valence-corrected chi connectivity index (χ4v) is 2.56. The van der Waals surface area contributed by atoms with Crippen molar-refractivity contribution in [1.82, 2.24) is 15.1 Å². The van der Waals surface area contributed by atoms with Crippen LogP contribution in [-0.4, -0.2) is 29.3 Å². The number of amides is 1. The molecule has 1 N–H and O–H groups in total. The number of carbonyl (C=O) groups excluding carboxylic acids is 1. The van der Waals surface area contributed by atoms with Gasteiger partial charge >= 0.3 is 0 Å². The minimum atomic E-state index is -0.0969. The van der Waals surface area contributed by atoms with E-state index in [1.807, 2.05) is 42.8 Å². The van der Waals surface area contributed by atoms with Crippen LogP contribution in [0.4, 0.5) is 0 Å². The molecule has 1 aromatic carbocycles. The highest BCUT2D eigenvalue weighted by Gasteiger charge is 2.07. The molecule has 0 atom stereocenters. The Kier molecular flexibility index (Phi) is 6.61. The number of hydrogen-bond acceptors (Lipinski definition) is 3. The molecule has 0 aliphatic carbocycles. The molecule has 6 heteroatoms. The zero-order chi connectivity index (χ0) is 17.5. The molecule has 0 bridgehead atoms. The third kappa shape index (κ3) is 4.96. The lowest BCUT2D eigenvalue weighted by atomic mass is 10.2. The van der Waals surface area contributed by atoms with Crippen molar-refractivity contribution in [2.75, 3.05) is 13.7 Å². The number of aryl methyl sites for hydroxylation is 2. The van der Waals surface area contributed by atoms with E-state index in [9.17, 15) is 4.79 Å². The SMILES string of the molecule is COc1ccc(/C=C/C(=O)NCCCn2nc(C)c(Br)c2C)cc1. The van der Waals surface area contributed by atoms with Crippen molar-refractivity contribution in [2.45, 2.75) is 26.8 Å². The van der Waals surface area contributed by atoms with Crippen LogP contribution in [0.5, 0.6) is 5.75 Å². The number of aromatic nitrogens is 2. The average Bonchev–Trinajstić information content (AvgIpc) is 2.84. The predicted octanol–water partition coefficient (Wildman–Crippen LogP) is 3.49. The number of ether oxygens (including phenoxy) is 1. The molecule has 0 radical (unpaired) electrons. The Morgan fingerprint density at radius 1 is 1.33 bits per heavy atom. The topological polar surface area (TPSA) is 56.1 Å². The molecule has 5 nitrogen and oxygen atoms in total. The summed E-state index contributed by atoms with van der Waals surface area (Å²) in [5.74, 6) is 0.702. The van der Waals surface area contributed by atoms with Gasteiger partial charge in [-0.2, -0.15) is 5.10 Å². The lowest BCUT2D eigenvalue weighted by molar-refractivity contribution is -0.116. The number of hydrogen-bond donors (Lipinski definition) is 1. The van der Waals surface area contributed by atoms with E-state index < -0.39 is 0 Å². The molecule has 0 fully saturated rings. The van der Waals surface area contributed by atoms with Gasteiger partial charge in [-0.15, -0.1) is 0 Å². The number of methoxy groups -OCH3 is 1. The third-order valence-corrected chi connectivity index (χ3v) is 4.83. The molecule has 0 unspecified atom stereocenters. The Labute approximate surface area is 150 Å². The second-order valence-electron chi connectivity index (χ2n) is 5.46. The molecule has 1 aromatic heterocycles. The minimum absolute atomic E-state index is 0.0969. The van der Waals surface area contributed by atoms with Crippen LogP contribution in [0.3, 0.4) is 0 Å². The van der Waals surface area contributed by atoms with Gasteiger partial charge in [-0.3, -0.25) is 9.48 Å². The summed E-state index contributed by atoms with van der Waals surface area (Å²) in [4.78, 5) is 11.8. The van der Waals surface area contributed by atoms with Gasteiger partial charge in [0.25, 0.3) is 0 Å². The number of carbonyl (C=O) groups is 1. The summed E-state index contributed by atoms with van der Waals surface area (Å²) in [5.41, 5.74) is 3.05. The standard InChI is InChI=1S/C18H22BrN3O2/c1-13-18(19)14(2)22(21-13)12-4-11-20-17(23)10-7-15-5-8-16(24-3)9-6-15/h5-10H,4,11-12H2,1-3H3,(H,20,23)/b10-7+. The lowest BCUT2D eigenvalue weighted by Gasteiger charge is -2.05. The monoisotopic (exact) mass is 391 g/mol. The van der Waals surface area contributed by atoms with Gasteiger partial charge in [0.2, 0.25) is 5.91 Å². The van der Waals surface area contributed by atoms with Crippen molar-refractivity contribution >= 4 is 27.9 Å². The van der Waals surface area contributed by atoms with Crippen molar-refractivity contribution in [2.24, 2.45) is 0 Å². The highest BCUT2D eigenvalue weighted by Crippen LogP contribution is 2.19. The van der Waals surface area contributed by atoms with Crippen molar-refractivity contribution in [3.8, 4) is 5.75 Å². The maximum absolute atomic E-state index is 11.8. The fourth-order valence-electron chi connectivity index (χ4n) is 2.28. The summed E-state index contributed by atoms with van der Waals surface area (Å²) in [6.07, 6.45) is 4.16. The van der Waals surface area contributed by atoms with Crippen LogP contribution < -0.4 is 10.1 Å². The molecular formula is C18H22BrN3O2. The van der Waals surface area contributed by atoms with Crippen LogP contribution in [0.2, 0.25) is 0 Å². The Balaban J connectivity index is 1.74. The van der Waals surface area contributed by atoms with Gasteiger partial charge in [0.1, 0.15) is 5.75 Å². The van der Waals surface area contributed by atoms with E-state index in [1.54, 1.807) is 19.3 Å². The van der Waals surface area contributed by atoms with Gasteiger partial charge in [0, 0.05) is 24.9 Å². The molecule has 0 spiro atoms. The fraction of sp³-hybridized carbons (Fsp3) is 0.333. The van der Waals surface area contributed by atoms with Crippen molar-refractivity contribution < 1.29 is 9.53 Å². The zero-order valence-electron chi connectivity index (χ0n) is 14.2. The predicted molar refractivity (Wildman–Crippen MR) is 99.1 cm³/mol. The van der Waals surface area contributed by atoms with Crippen molar-refractivity contribution in [3.63, 3.8) is 0 Å². The number of benzene rings is 1. The molecule has 1 amide bonds. The highest BCUT2D eigenvalue weighted by atomic mass is 79.9. The van der Waals surface area contributed by atoms with Crippen LogP contribution in [0.15, 0.2) is 34.8 Å². The highest BCUT2D eigenvalue weighted by molar-refractivity contribution is 9.10. The summed E-state index contributed by atoms with van der Waals surface area (Å²) in [7, 11) is 1.63. The number of nitrogens with zero attached hydrogens (tertiary/aromatic N) is 2. The number of halogens is 1. The van der Waals surface area contributed by atoms with E-state index in [4.69, 9.17) is 4.74 Å². The number of rotatable bonds is 7. The Bertz CT molecular complexity index is 721. The first kappa shape index (κ1) is 18.3. The van der Waals surface area contributed by atoms with Crippen LogP contribution in [-0.2, 0) is 11.3 Å². The van der Waals surface area contributed by atoms with Gasteiger partial charge in [0.15, 0.2) is 0 Å². The zero-order valence-corrected chi connectivity index (χ0v) is 15.8. The van der Waals surface area contributed by atoms with E-state index in [1.165, 1.54) is 0 Å². The summed E-state index contributed by atoms with van der Waals surface area (Å²) in [6, 6.07) is 7.54. The molecule has 0 saturated carbocycles. The summed E-state index contributed by atoms with van der Waals surface area (Å²) >= 11 is 3.51. The molecule has 24 heavy (non-hydrogen) atoms.